The van der Waals surface area contributed by atoms with E-state index in [0.29, 0.717) is 37.8 Å². The van der Waals surface area contributed by atoms with E-state index in [2.05, 4.69) is 19.6 Å². The molecule has 1 aliphatic rings. The topological polar surface area (TPSA) is 74.5 Å². The number of aromatic nitrogens is 2. The lowest BCUT2D eigenvalue weighted by Gasteiger charge is -2.33. The predicted molar refractivity (Wildman–Crippen MR) is 103 cm³/mol. The molecule has 0 unspecified atom stereocenters. The number of oxazole rings is 1. The van der Waals surface area contributed by atoms with Gasteiger partial charge in [-0.25, -0.2) is 0 Å². The largest absolute Gasteiger partial charge is 0.423 e. The third-order valence-electron chi connectivity index (χ3n) is 4.67. The van der Waals surface area contributed by atoms with Crippen LogP contribution in [0.15, 0.2) is 22.6 Å². The first-order valence-corrected chi connectivity index (χ1v) is 9.39. The summed E-state index contributed by atoms with van der Waals surface area (Å²) in [4.78, 5) is 21.4. The Labute approximate surface area is 155 Å². The van der Waals surface area contributed by atoms with Gasteiger partial charge in [0.25, 0.3) is 11.9 Å². The van der Waals surface area contributed by atoms with Gasteiger partial charge in [-0.2, -0.15) is 9.36 Å². The minimum atomic E-state index is 0.0356. The third kappa shape index (κ3) is 2.90. The molecule has 7 nitrogen and oxygen atoms in total. The van der Waals surface area contributed by atoms with Gasteiger partial charge in [-0.1, -0.05) is 6.07 Å². The Balaban J connectivity index is 1.48. The fraction of sp³-hybridized carbons (Fsp3) is 0.389. The molecule has 1 saturated heterocycles. The van der Waals surface area contributed by atoms with Crippen LogP contribution in [0.3, 0.4) is 0 Å². The second-order valence-corrected chi connectivity index (χ2v) is 7.24. The van der Waals surface area contributed by atoms with Crippen LogP contribution in [0.1, 0.15) is 21.6 Å². The van der Waals surface area contributed by atoms with Crippen LogP contribution in [0.25, 0.3) is 11.1 Å². The van der Waals surface area contributed by atoms with E-state index in [1.165, 1.54) is 11.5 Å². The van der Waals surface area contributed by atoms with Crippen molar-refractivity contribution in [3.63, 3.8) is 0 Å². The van der Waals surface area contributed by atoms with Gasteiger partial charge < -0.3 is 19.5 Å². The van der Waals surface area contributed by atoms with Gasteiger partial charge >= 0.3 is 0 Å². The highest BCUT2D eigenvalue weighted by Gasteiger charge is 2.28. The van der Waals surface area contributed by atoms with E-state index in [-0.39, 0.29) is 5.91 Å². The zero-order valence-electron chi connectivity index (χ0n) is 15.1. The van der Waals surface area contributed by atoms with Crippen LogP contribution in [-0.2, 0) is 0 Å². The van der Waals surface area contributed by atoms with Crippen molar-refractivity contribution in [1.82, 2.24) is 14.3 Å². The second-order valence-electron chi connectivity index (χ2n) is 6.47. The van der Waals surface area contributed by atoms with Gasteiger partial charge in [0.05, 0.1) is 11.3 Å². The fourth-order valence-corrected chi connectivity index (χ4v) is 3.95. The molecule has 0 spiro atoms. The number of carbonyl (C=O) groups excluding carboxylic acids is 1. The first kappa shape index (κ1) is 16.8. The lowest BCUT2D eigenvalue weighted by atomic mass is 10.2. The van der Waals surface area contributed by atoms with Crippen LogP contribution in [0.5, 0.6) is 0 Å². The van der Waals surface area contributed by atoms with E-state index in [1.54, 1.807) is 0 Å². The molecular formula is C18H21N5O2S. The molecule has 1 fully saturated rings. The second kappa shape index (κ2) is 6.60. The minimum Gasteiger partial charge on any atom is -0.423 e. The first-order chi connectivity index (χ1) is 12.6. The van der Waals surface area contributed by atoms with E-state index < -0.39 is 0 Å². The van der Waals surface area contributed by atoms with Crippen LogP contribution in [-0.4, -0.2) is 53.4 Å². The Morgan fingerprint density at radius 2 is 2.00 bits per heavy atom. The number of amides is 1. The maximum Gasteiger partial charge on any atom is 0.298 e. The van der Waals surface area contributed by atoms with E-state index in [9.17, 15) is 4.79 Å². The minimum absolute atomic E-state index is 0.0356. The zero-order chi connectivity index (χ0) is 18.3. The summed E-state index contributed by atoms with van der Waals surface area (Å²) in [6.45, 7) is 6.58. The Kier molecular flexibility index (Phi) is 4.28. The number of benzene rings is 1. The normalized spacial score (nSPS) is 14.9. The number of hydrogen-bond acceptors (Lipinski definition) is 7. The Bertz CT molecular complexity index is 956. The molecule has 136 valence electrons. The molecule has 2 aromatic heterocycles. The highest BCUT2D eigenvalue weighted by molar-refractivity contribution is 7.10. The summed E-state index contributed by atoms with van der Waals surface area (Å²) in [5.41, 5.74) is 4.29. The van der Waals surface area contributed by atoms with Crippen molar-refractivity contribution in [2.75, 3.05) is 43.4 Å². The number of aryl methyl sites for hydroxylation is 2. The Morgan fingerprint density at radius 1 is 1.23 bits per heavy atom. The van der Waals surface area contributed by atoms with Crippen molar-refractivity contribution in [3.05, 3.63) is 35.0 Å². The molecule has 1 aliphatic heterocycles. The average Bonchev–Trinajstić information content (AvgIpc) is 3.24. The number of anilines is 2. The standard InChI is InChI=1S/C18H21N5O2S/c1-11-4-5-14-13(10-11)20-18(25-14)23-8-6-22(7-9-23)17(24)15-12(2)21-26-16(15)19-3/h4-5,10,19H,6-9H2,1-3H3. The summed E-state index contributed by atoms with van der Waals surface area (Å²) < 4.78 is 10.2. The van der Waals surface area contributed by atoms with Gasteiger partial charge in [-0.05, 0) is 43.1 Å². The summed E-state index contributed by atoms with van der Waals surface area (Å²) in [6, 6.07) is 6.62. The first-order valence-electron chi connectivity index (χ1n) is 8.62. The molecule has 3 heterocycles. The maximum atomic E-state index is 12.9. The number of fused-ring (bicyclic) bond motifs is 1. The van der Waals surface area contributed by atoms with Crippen molar-refractivity contribution in [2.24, 2.45) is 0 Å². The third-order valence-corrected chi connectivity index (χ3v) is 5.63. The summed E-state index contributed by atoms with van der Waals surface area (Å²) >= 11 is 1.33. The highest BCUT2D eigenvalue weighted by Crippen LogP contribution is 2.27. The van der Waals surface area contributed by atoms with E-state index in [1.807, 2.05) is 44.0 Å². The van der Waals surface area contributed by atoms with Crippen LogP contribution >= 0.6 is 11.5 Å². The number of rotatable bonds is 3. The SMILES string of the molecule is CNc1snc(C)c1C(=O)N1CCN(c2nc3cc(C)ccc3o2)CC1. The lowest BCUT2D eigenvalue weighted by Crippen LogP contribution is -2.49. The lowest BCUT2D eigenvalue weighted by molar-refractivity contribution is 0.0745. The van der Waals surface area contributed by atoms with Crippen molar-refractivity contribution >= 4 is 39.6 Å². The summed E-state index contributed by atoms with van der Waals surface area (Å²) in [7, 11) is 1.82. The summed E-state index contributed by atoms with van der Waals surface area (Å²) in [6.07, 6.45) is 0. The summed E-state index contributed by atoms with van der Waals surface area (Å²) in [5, 5.41) is 3.89. The number of nitrogens with zero attached hydrogens (tertiary/aromatic N) is 4. The van der Waals surface area contributed by atoms with E-state index >= 15 is 0 Å². The molecule has 0 bridgehead atoms. The van der Waals surface area contributed by atoms with Crippen molar-refractivity contribution in [1.29, 1.82) is 0 Å². The number of piperazine rings is 1. The molecule has 0 aliphatic carbocycles. The molecule has 0 radical (unpaired) electrons. The zero-order valence-corrected chi connectivity index (χ0v) is 15.9. The Morgan fingerprint density at radius 3 is 2.73 bits per heavy atom. The van der Waals surface area contributed by atoms with Gasteiger partial charge in [0, 0.05) is 33.2 Å². The molecule has 26 heavy (non-hydrogen) atoms. The molecule has 0 saturated carbocycles. The van der Waals surface area contributed by atoms with Crippen LogP contribution in [0.4, 0.5) is 11.0 Å². The molecule has 8 heteroatoms. The smallest absolute Gasteiger partial charge is 0.298 e. The molecular weight excluding hydrogens is 350 g/mol. The van der Waals surface area contributed by atoms with Gasteiger partial charge in [-0.15, -0.1) is 0 Å². The van der Waals surface area contributed by atoms with E-state index in [0.717, 1.165) is 27.4 Å². The maximum absolute atomic E-state index is 12.9. The quantitative estimate of drug-likeness (QED) is 0.763. The van der Waals surface area contributed by atoms with Gasteiger partial charge in [0.2, 0.25) is 0 Å². The number of carbonyl (C=O) groups is 1. The van der Waals surface area contributed by atoms with Crippen LogP contribution in [0.2, 0.25) is 0 Å². The molecule has 1 aromatic carbocycles. The van der Waals surface area contributed by atoms with Gasteiger partial charge in [-0.3, -0.25) is 4.79 Å². The number of hydrogen-bond donors (Lipinski definition) is 1. The number of nitrogens with one attached hydrogen (secondary N) is 1. The molecule has 1 amide bonds. The van der Waals surface area contributed by atoms with Crippen molar-refractivity contribution in [2.45, 2.75) is 13.8 Å². The van der Waals surface area contributed by atoms with Gasteiger partial charge in [0.15, 0.2) is 5.58 Å². The van der Waals surface area contributed by atoms with Crippen molar-refractivity contribution in [3.8, 4) is 0 Å². The molecule has 0 atom stereocenters. The molecule has 4 rings (SSSR count). The monoisotopic (exact) mass is 371 g/mol. The average molecular weight is 371 g/mol. The van der Waals surface area contributed by atoms with Gasteiger partial charge in [0.1, 0.15) is 10.5 Å². The van der Waals surface area contributed by atoms with Crippen LogP contribution in [0, 0.1) is 13.8 Å². The summed E-state index contributed by atoms with van der Waals surface area (Å²) in [5.74, 6) is 0.0356. The molecule has 3 aromatic rings. The fourth-order valence-electron chi connectivity index (χ4n) is 3.21. The van der Waals surface area contributed by atoms with Crippen LogP contribution < -0.4 is 10.2 Å². The predicted octanol–water partition coefficient (Wildman–Crippen LogP) is 2.91. The van der Waals surface area contributed by atoms with Crippen molar-refractivity contribution < 1.29 is 9.21 Å². The molecule has 1 N–H and O–H groups in total. The highest BCUT2D eigenvalue weighted by atomic mass is 32.1. The van der Waals surface area contributed by atoms with E-state index in [4.69, 9.17) is 4.42 Å². The Hall–Kier alpha value is -2.61.